The number of carbonyl (C=O) groups excluding carboxylic acids is 1. The summed E-state index contributed by atoms with van der Waals surface area (Å²) < 4.78 is 4.92. The van der Waals surface area contributed by atoms with Crippen LogP contribution in [-0.4, -0.2) is 16.3 Å². The van der Waals surface area contributed by atoms with Crippen LogP contribution in [0.2, 0.25) is 0 Å². The lowest BCUT2D eigenvalue weighted by Gasteiger charge is -2.09. The Hall–Kier alpha value is -2.30. The third-order valence-corrected chi connectivity index (χ3v) is 3.10. The van der Waals surface area contributed by atoms with E-state index < -0.39 is 0 Å². The van der Waals surface area contributed by atoms with Crippen molar-refractivity contribution in [3.05, 3.63) is 47.7 Å². The molecule has 0 atom stereocenters. The maximum Gasteiger partial charge on any atom is 0.210 e. The van der Waals surface area contributed by atoms with Crippen LogP contribution in [0.25, 0.3) is 0 Å². The number of aromatic nitrogens is 1. The van der Waals surface area contributed by atoms with Crippen LogP contribution in [0.1, 0.15) is 16.8 Å². The van der Waals surface area contributed by atoms with E-state index in [0.717, 1.165) is 17.8 Å². The Labute approximate surface area is 104 Å². The number of oxazole rings is 1. The highest BCUT2D eigenvalue weighted by molar-refractivity contribution is 5.60. The van der Waals surface area contributed by atoms with Crippen LogP contribution < -0.4 is 5.32 Å². The van der Waals surface area contributed by atoms with E-state index in [0.29, 0.717) is 19.6 Å². The van der Waals surface area contributed by atoms with Crippen LogP contribution in [0, 0.1) is 0 Å². The van der Waals surface area contributed by atoms with Crippen LogP contribution in [0.4, 0.5) is 5.69 Å². The highest BCUT2D eigenvalue weighted by Crippen LogP contribution is 2.28. The van der Waals surface area contributed by atoms with Gasteiger partial charge in [0.1, 0.15) is 6.26 Å². The van der Waals surface area contributed by atoms with Gasteiger partial charge in [-0.25, -0.2) is 4.98 Å². The Bertz CT molecular complexity index is 551. The van der Waals surface area contributed by atoms with Gasteiger partial charge in [-0.05, 0) is 17.2 Å². The van der Waals surface area contributed by atoms with Gasteiger partial charge in [-0.15, -0.1) is 0 Å². The lowest BCUT2D eigenvalue weighted by atomic mass is 10.1. The average Bonchev–Trinajstić information content (AvgIpc) is 3.04. The molecular weight excluding hydrogens is 230 g/mol. The van der Waals surface area contributed by atoms with Gasteiger partial charge in [0.2, 0.25) is 6.41 Å². The number of nitrogens with zero attached hydrogens (tertiary/aromatic N) is 2. The zero-order valence-electron chi connectivity index (χ0n) is 9.80. The van der Waals surface area contributed by atoms with Gasteiger partial charge in [0, 0.05) is 18.8 Å². The summed E-state index contributed by atoms with van der Waals surface area (Å²) in [6.07, 6.45) is 3.93. The van der Waals surface area contributed by atoms with Gasteiger partial charge in [-0.2, -0.15) is 0 Å². The van der Waals surface area contributed by atoms with Crippen molar-refractivity contribution in [3.8, 4) is 0 Å². The smallest absolute Gasteiger partial charge is 0.210 e. The molecule has 0 saturated carbocycles. The summed E-state index contributed by atoms with van der Waals surface area (Å²) >= 11 is 0. The van der Waals surface area contributed by atoms with Crippen LogP contribution >= 0.6 is 0 Å². The lowest BCUT2D eigenvalue weighted by molar-refractivity contribution is -0.118. The maximum absolute atomic E-state index is 10.8. The molecule has 1 aromatic carbocycles. The van der Waals surface area contributed by atoms with E-state index in [9.17, 15) is 4.79 Å². The Morgan fingerprint density at radius 3 is 3.17 bits per heavy atom. The molecule has 0 unspecified atom stereocenters. The van der Waals surface area contributed by atoms with E-state index in [1.54, 1.807) is 11.2 Å². The molecule has 1 aliphatic heterocycles. The zero-order valence-corrected chi connectivity index (χ0v) is 9.80. The van der Waals surface area contributed by atoms with Gasteiger partial charge in [0.05, 0.1) is 12.2 Å². The number of nitrogens with one attached hydrogen (secondary N) is 1. The van der Waals surface area contributed by atoms with E-state index in [-0.39, 0.29) is 0 Å². The van der Waals surface area contributed by atoms with E-state index in [4.69, 9.17) is 4.42 Å². The van der Waals surface area contributed by atoms with Crippen molar-refractivity contribution in [2.75, 3.05) is 5.32 Å². The van der Waals surface area contributed by atoms with Gasteiger partial charge in [-0.1, -0.05) is 12.1 Å². The molecule has 0 spiro atoms. The van der Waals surface area contributed by atoms with Gasteiger partial charge in [0.15, 0.2) is 6.39 Å². The van der Waals surface area contributed by atoms with Crippen molar-refractivity contribution >= 4 is 12.1 Å². The largest absolute Gasteiger partial charge is 0.451 e. The standard InChI is InChI=1S/C13H13N3O2/c17-9-16-5-10-2-1-3-13(12(10)6-16)14-4-11-7-18-8-15-11/h1-3,7-9,14H,4-6H2. The minimum absolute atomic E-state index is 0.619. The molecular formula is C13H13N3O2. The van der Waals surface area contributed by atoms with Gasteiger partial charge in [-0.3, -0.25) is 4.79 Å². The third kappa shape index (κ3) is 1.95. The first-order valence-electron chi connectivity index (χ1n) is 5.78. The molecule has 2 heterocycles. The predicted molar refractivity (Wildman–Crippen MR) is 65.6 cm³/mol. The molecule has 1 aromatic heterocycles. The number of benzene rings is 1. The monoisotopic (exact) mass is 243 g/mol. The number of hydrogen-bond donors (Lipinski definition) is 1. The number of fused-ring (bicyclic) bond motifs is 1. The molecule has 0 bridgehead atoms. The van der Waals surface area contributed by atoms with Gasteiger partial charge < -0.3 is 14.6 Å². The van der Waals surface area contributed by atoms with E-state index in [1.807, 2.05) is 12.1 Å². The summed E-state index contributed by atoms with van der Waals surface area (Å²) in [4.78, 5) is 16.6. The molecule has 1 amide bonds. The molecule has 18 heavy (non-hydrogen) atoms. The zero-order chi connectivity index (χ0) is 12.4. The molecule has 0 saturated heterocycles. The Morgan fingerprint density at radius 2 is 2.39 bits per heavy atom. The van der Waals surface area contributed by atoms with Gasteiger partial charge in [0.25, 0.3) is 0 Å². The minimum Gasteiger partial charge on any atom is -0.451 e. The fraction of sp³-hybridized carbons (Fsp3) is 0.231. The Morgan fingerprint density at radius 1 is 1.44 bits per heavy atom. The quantitative estimate of drug-likeness (QED) is 0.831. The molecule has 1 aliphatic rings. The van der Waals surface area contributed by atoms with Crippen molar-refractivity contribution in [1.82, 2.24) is 9.88 Å². The highest BCUT2D eigenvalue weighted by atomic mass is 16.3. The topological polar surface area (TPSA) is 58.4 Å². The molecule has 0 fully saturated rings. The second kappa shape index (κ2) is 4.52. The molecule has 5 heteroatoms. The van der Waals surface area contributed by atoms with Crippen LogP contribution in [-0.2, 0) is 24.4 Å². The number of anilines is 1. The first kappa shape index (κ1) is 10.8. The number of hydrogen-bond acceptors (Lipinski definition) is 4. The molecule has 3 rings (SSSR count). The molecule has 1 N–H and O–H groups in total. The van der Waals surface area contributed by atoms with Crippen molar-refractivity contribution < 1.29 is 9.21 Å². The summed E-state index contributed by atoms with van der Waals surface area (Å²) in [6, 6.07) is 6.07. The average molecular weight is 243 g/mol. The second-order valence-corrected chi connectivity index (χ2v) is 4.29. The SMILES string of the molecule is O=CN1Cc2cccc(NCc3cocn3)c2C1. The summed E-state index contributed by atoms with van der Waals surface area (Å²) in [5.74, 6) is 0. The van der Waals surface area contributed by atoms with E-state index in [2.05, 4.69) is 16.4 Å². The molecule has 5 nitrogen and oxygen atoms in total. The van der Waals surface area contributed by atoms with E-state index in [1.165, 1.54) is 17.5 Å². The predicted octanol–water partition coefficient (Wildman–Crippen LogP) is 1.76. The third-order valence-electron chi connectivity index (χ3n) is 3.10. The van der Waals surface area contributed by atoms with Crippen molar-refractivity contribution in [1.29, 1.82) is 0 Å². The van der Waals surface area contributed by atoms with Crippen LogP contribution in [0.3, 0.4) is 0 Å². The van der Waals surface area contributed by atoms with Crippen molar-refractivity contribution in [2.24, 2.45) is 0 Å². The Balaban J connectivity index is 1.78. The Kier molecular flexibility index (Phi) is 2.72. The summed E-state index contributed by atoms with van der Waals surface area (Å²) in [5.41, 5.74) is 4.30. The lowest BCUT2D eigenvalue weighted by Crippen LogP contribution is -2.13. The number of carbonyl (C=O) groups is 1. The fourth-order valence-electron chi connectivity index (χ4n) is 2.20. The maximum atomic E-state index is 10.8. The second-order valence-electron chi connectivity index (χ2n) is 4.29. The molecule has 2 aromatic rings. The number of rotatable bonds is 4. The first-order valence-corrected chi connectivity index (χ1v) is 5.78. The highest BCUT2D eigenvalue weighted by Gasteiger charge is 2.19. The molecule has 92 valence electrons. The summed E-state index contributed by atoms with van der Waals surface area (Å²) in [6.45, 7) is 1.98. The molecule has 0 aliphatic carbocycles. The van der Waals surface area contributed by atoms with Crippen molar-refractivity contribution in [3.63, 3.8) is 0 Å². The fourth-order valence-corrected chi connectivity index (χ4v) is 2.20. The summed E-state index contributed by atoms with van der Waals surface area (Å²) in [5, 5.41) is 3.33. The summed E-state index contributed by atoms with van der Waals surface area (Å²) in [7, 11) is 0. The van der Waals surface area contributed by atoms with Crippen molar-refractivity contribution in [2.45, 2.75) is 19.6 Å². The minimum atomic E-state index is 0.619. The van der Waals surface area contributed by atoms with Crippen LogP contribution in [0.15, 0.2) is 35.3 Å². The normalized spacial score (nSPS) is 13.4. The van der Waals surface area contributed by atoms with E-state index >= 15 is 0 Å². The van der Waals surface area contributed by atoms with Crippen LogP contribution in [0.5, 0.6) is 0 Å². The van der Waals surface area contributed by atoms with Gasteiger partial charge >= 0.3 is 0 Å². The number of amides is 1. The molecule has 0 radical (unpaired) electrons. The first-order chi connectivity index (χ1) is 8.86.